The number of carboxylic acid groups (broad SMARTS) is 1. The number of piperidine rings is 1. The van der Waals surface area contributed by atoms with Gasteiger partial charge >= 0.3 is 12.0 Å². The number of thioether (sulfide) groups is 1. The average Bonchev–Trinajstić information content (AvgIpc) is 2.56. The number of hydrogen-bond acceptors (Lipinski definition) is 3. The van der Waals surface area contributed by atoms with Gasteiger partial charge in [0.2, 0.25) is 0 Å². The molecule has 1 fully saturated rings. The second kappa shape index (κ2) is 9.39. The molecule has 2 N–H and O–H groups in total. The molecule has 0 saturated carbocycles. The van der Waals surface area contributed by atoms with Crippen molar-refractivity contribution in [3.63, 3.8) is 0 Å². The van der Waals surface area contributed by atoms with Crippen molar-refractivity contribution in [3.05, 3.63) is 33.8 Å². The van der Waals surface area contributed by atoms with E-state index >= 15 is 0 Å². The highest BCUT2D eigenvalue weighted by Crippen LogP contribution is 2.24. The standard InChI is InChI=1S/C16H20Cl2N2O3S/c17-13-2-1-12(14(18)9-13)10-24-8-5-19-16(23)20-6-3-11(4-7-20)15(21)22/h1-2,9,11H,3-8,10H2,(H,19,23)(H,21,22). The molecule has 1 aliphatic rings. The normalized spacial score (nSPS) is 15.3. The Hall–Kier alpha value is -1.11. The van der Waals surface area contributed by atoms with E-state index in [1.165, 1.54) is 0 Å². The number of rotatable bonds is 6. The van der Waals surface area contributed by atoms with Gasteiger partial charge in [0.1, 0.15) is 0 Å². The Bertz CT molecular complexity index is 593. The summed E-state index contributed by atoms with van der Waals surface area (Å²) in [7, 11) is 0. The highest BCUT2D eigenvalue weighted by atomic mass is 35.5. The predicted octanol–water partition coefficient (Wildman–Crippen LogP) is 3.73. The summed E-state index contributed by atoms with van der Waals surface area (Å²) in [6, 6.07) is 5.32. The third kappa shape index (κ3) is 5.76. The van der Waals surface area contributed by atoms with E-state index in [2.05, 4.69) is 5.32 Å². The van der Waals surface area contributed by atoms with Crippen molar-refractivity contribution < 1.29 is 14.7 Å². The van der Waals surface area contributed by atoms with Crippen LogP contribution in [-0.4, -0.2) is 47.4 Å². The van der Waals surface area contributed by atoms with Crippen molar-refractivity contribution >= 4 is 47.0 Å². The van der Waals surface area contributed by atoms with E-state index in [0.717, 1.165) is 17.1 Å². The van der Waals surface area contributed by atoms with Crippen LogP contribution < -0.4 is 5.32 Å². The molecule has 0 aliphatic carbocycles. The molecule has 0 unspecified atom stereocenters. The minimum atomic E-state index is -0.771. The molecular formula is C16H20Cl2N2O3S. The highest BCUT2D eigenvalue weighted by Gasteiger charge is 2.26. The van der Waals surface area contributed by atoms with E-state index in [-0.39, 0.29) is 11.9 Å². The zero-order valence-corrected chi connectivity index (χ0v) is 15.5. The second-order valence-electron chi connectivity index (χ2n) is 5.62. The van der Waals surface area contributed by atoms with Gasteiger partial charge in [-0.25, -0.2) is 4.79 Å². The van der Waals surface area contributed by atoms with Gasteiger partial charge in [0.05, 0.1) is 5.92 Å². The number of amides is 2. The molecule has 0 aromatic heterocycles. The smallest absolute Gasteiger partial charge is 0.317 e. The van der Waals surface area contributed by atoms with Crippen molar-refractivity contribution in [1.82, 2.24) is 10.2 Å². The van der Waals surface area contributed by atoms with Gasteiger partial charge in [-0.2, -0.15) is 11.8 Å². The third-order valence-corrected chi connectivity index (χ3v) is 5.52. The fourth-order valence-corrected chi connectivity index (χ4v) is 3.91. The van der Waals surface area contributed by atoms with E-state index in [0.29, 0.717) is 42.5 Å². The first-order chi connectivity index (χ1) is 11.5. The van der Waals surface area contributed by atoms with Gasteiger partial charge in [-0.3, -0.25) is 4.79 Å². The number of carboxylic acids is 1. The van der Waals surface area contributed by atoms with Gasteiger partial charge in [0, 0.05) is 41.2 Å². The minimum absolute atomic E-state index is 0.121. The summed E-state index contributed by atoms with van der Waals surface area (Å²) in [5.41, 5.74) is 1.02. The van der Waals surface area contributed by atoms with Crippen LogP contribution in [0.5, 0.6) is 0 Å². The number of urea groups is 1. The molecular weight excluding hydrogens is 371 g/mol. The lowest BCUT2D eigenvalue weighted by Crippen LogP contribution is -2.46. The SMILES string of the molecule is O=C(O)C1CCN(C(=O)NCCSCc2ccc(Cl)cc2Cl)CC1. The minimum Gasteiger partial charge on any atom is -0.481 e. The predicted molar refractivity (Wildman–Crippen MR) is 98.0 cm³/mol. The number of hydrogen-bond donors (Lipinski definition) is 2. The fraction of sp³-hybridized carbons (Fsp3) is 0.500. The van der Waals surface area contributed by atoms with Crippen LogP contribution in [0.2, 0.25) is 10.0 Å². The Labute approximate surface area is 155 Å². The van der Waals surface area contributed by atoms with Crippen molar-refractivity contribution in [1.29, 1.82) is 0 Å². The zero-order chi connectivity index (χ0) is 17.5. The number of carbonyl (C=O) groups is 2. The van der Waals surface area contributed by atoms with Crippen LogP contribution in [0.4, 0.5) is 4.79 Å². The Kier molecular flexibility index (Phi) is 7.52. The number of carbonyl (C=O) groups excluding carboxylic acids is 1. The first kappa shape index (κ1) is 19.2. The third-order valence-electron chi connectivity index (χ3n) is 3.93. The summed E-state index contributed by atoms with van der Waals surface area (Å²) in [4.78, 5) is 24.6. The molecule has 1 aromatic rings. The zero-order valence-electron chi connectivity index (χ0n) is 13.1. The Balaban J connectivity index is 1.62. The molecule has 24 heavy (non-hydrogen) atoms. The highest BCUT2D eigenvalue weighted by molar-refractivity contribution is 7.98. The summed E-state index contributed by atoms with van der Waals surface area (Å²) in [5, 5.41) is 13.1. The molecule has 1 heterocycles. The Morgan fingerprint density at radius 1 is 1.29 bits per heavy atom. The van der Waals surface area contributed by atoms with Crippen molar-refractivity contribution in [2.45, 2.75) is 18.6 Å². The van der Waals surface area contributed by atoms with Crippen LogP contribution in [0.15, 0.2) is 18.2 Å². The molecule has 1 saturated heterocycles. The van der Waals surface area contributed by atoms with Crippen LogP contribution >= 0.6 is 35.0 Å². The topological polar surface area (TPSA) is 69.6 Å². The molecule has 2 rings (SSSR count). The van der Waals surface area contributed by atoms with E-state index in [1.54, 1.807) is 22.7 Å². The summed E-state index contributed by atoms with van der Waals surface area (Å²) in [6.45, 7) is 1.56. The van der Waals surface area contributed by atoms with E-state index < -0.39 is 5.97 Å². The maximum absolute atomic E-state index is 12.0. The van der Waals surface area contributed by atoms with Crippen molar-refractivity contribution in [2.75, 3.05) is 25.4 Å². The van der Waals surface area contributed by atoms with E-state index in [9.17, 15) is 9.59 Å². The number of halogens is 2. The molecule has 0 atom stereocenters. The van der Waals surface area contributed by atoms with Gasteiger partial charge < -0.3 is 15.3 Å². The van der Waals surface area contributed by atoms with Crippen LogP contribution in [0.3, 0.4) is 0 Å². The largest absolute Gasteiger partial charge is 0.481 e. The number of aliphatic carboxylic acids is 1. The average molecular weight is 391 g/mol. The van der Waals surface area contributed by atoms with Crippen LogP contribution in [0, 0.1) is 5.92 Å². The van der Waals surface area contributed by atoms with E-state index in [4.69, 9.17) is 28.3 Å². The van der Waals surface area contributed by atoms with Crippen LogP contribution in [0.1, 0.15) is 18.4 Å². The van der Waals surface area contributed by atoms with Crippen molar-refractivity contribution in [2.24, 2.45) is 5.92 Å². The number of nitrogens with zero attached hydrogens (tertiary/aromatic N) is 1. The summed E-state index contributed by atoms with van der Waals surface area (Å²) < 4.78 is 0. The van der Waals surface area contributed by atoms with Crippen LogP contribution in [0.25, 0.3) is 0 Å². The summed E-state index contributed by atoms with van der Waals surface area (Å²) >= 11 is 13.7. The molecule has 0 radical (unpaired) electrons. The molecule has 5 nitrogen and oxygen atoms in total. The van der Waals surface area contributed by atoms with Crippen molar-refractivity contribution in [3.8, 4) is 0 Å². The lowest BCUT2D eigenvalue weighted by atomic mass is 9.97. The van der Waals surface area contributed by atoms with Gasteiger partial charge in [0.25, 0.3) is 0 Å². The maximum atomic E-state index is 12.0. The molecule has 0 spiro atoms. The Morgan fingerprint density at radius 3 is 2.62 bits per heavy atom. The Morgan fingerprint density at radius 2 is 2.00 bits per heavy atom. The van der Waals surface area contributed by atoms with Crippen LogP contribution in [-0.2, 0) is 10.5 Å². The number of likely N-dealkylation sites (tertiary alicyclic amines) is 1. The molecule has 1 aliphatic heterocycles. The lowest BCUT2D eigenvalue weighted by molar-refractivity contribution is -0.143. The van der Waals surface area contributed by atoms with E-state index in [1.807, 2.05) is 12.1 Å². The quantitative estimate of drug-likeness (QED) is 0.725. The second-order valence-corrected chi connectivity index (χ2v) is 7.57. The maximum Gasteiger partial charge on any atom is 0.317 e. The lowest BCUT2D eigenvalue weighted by Gasteiger charge is -2.30. The first-order valence-electron chi connectivity index (χ1n) is 7.74. The molecule has 132 valence electrons. The van der Waals surface area contributed by atoms with Gasteiger partial charge in [-0.1, -0.05) is 29.3 Å². The number of benzene rings is 1. The van der Waals surface area contributed by atoms with Gasteiger partial charge in [-0.15, -0.1) is 0 Å². The van der Waals surface area contributed by atoms with Gasteiger partial charge in [-0.05, 0) is 30.5 Å². The summed E-state index contributed by atoms with van der Waals surface area (Å²) in [5.74, 6) is 0.438. The molecule has 1 aromatic carbocycles. The number of nitrogens with one attached hydrogen (secondary N) is 1. The fourth-order valence-electron chi connectivity index (χ4n) is 2.49. The molecule has 8 heteroatoms. The monoisotopic (exact) mass is 390 g/mol. The molecule has 2 amide bonds. The molecule has 0 bridgehead atoms. The van der Waals surface area contributed by atoms with Gasteiger partial charge in [0.15, 0.2) is 0 Å². The summed E-state index contributed by atoms with van der Waals surface area (Å²) in [6.07, 6.45) is 1.04. The first-order valence-corrected chi connectivity index (χ1v) is 9.65.